The van der Waals surface area contributed by atoms with Crippen molar-refractivity contribution in [3.63, 3.8) is 0 Å². The highest BCUT2D eigenvalue weighted by atomic mass is 32.2. The van der Waals surface area contributed by atoms with E-state index in [1.165, 1.54) is 19.4 Å². The number of carbonyl (C=O) groups excluding carboxylic acids is 4. The summed E-state index contributed by atoms with van der Waals surface area (Å²) >= 11 is 0. The molecule has 23 heteroatoms. The molecule has 3 saturated heterocycles. The summed E-state index contributed by atoms with van der Waals surface area (Å²) in [6.07, 6.45) is 8.71. The number of benzene rings is 1. The molecule has 5 amide bonds. The smallest absolute Gasteiger partial charge is 0.415 e. The maximum absolute atomic E-state index is 15.6. The first kappa shape index (κ1) is 45.4. The van der Waals surface area contributed by atoms with Crippen molar-refractivity contribution in [2.45, 2.75) is 63.5 Å². The number of H-pyrrole nitrogens is 1. The van der Waals surface area contributed by atoms with Gasteiger partial charge in [-0.3, -0.25) is 29.4 Å². The van der Waals surface area contributed by atoms with Crippen LogP contribution in [0.2, 0.25) is 0 Å². The van der Waals surface area contributed by atoms with Crippen molar-refractivity contribution >= 4 is 68.3 Å². The van der Waals surface area contributed by atoms with Gasteiger partial charge in [0, 0.05) is 111 Å². The molecule has 1 aromatic carbocycles. The van der Waals surface area contributed by atoms with Crippen LogP contribution >= 0.6 is 0 Å². The number of likely N-dealkylation sites (tertiary alicyclic amines) is 1. The molecule has 66 heavy (non-hydrogen) atoms. The molecule has 0 saturated carbocycles. The Labute approximate surface area is 377 Å². The quantitative estimate of drug-likeness (QED) is 0.0840. The lowest BCUT2D eigenvalue weighted by molar-refractivity contribution is -0.133. The summed E-state index contributed by atoms with van der Waals surface area (Å²) in [7, 11) is -2.90. The number of carbonyl (C=O) groups is 5. The Balaban J connectivity index is 0.871. The first-order valence-corrected chi connectivity index (χ1v) is 22.7. The number of nitrogens with zero attached hydrogens (tertiary/aromatic N) is 8. The lowest BCUT2D eigenvalue weighted by Gasteiger charge is -2.39. The van der Waals surface area contributed by atoms with E-state index >= 15 is 8.78 Å². The summed E-state index contributed by atoms with van der Waals surface area (Å²) in [6.45, 7) is 3.10. The van der Waals surface area contributed by atoms with Gasteiger partial charge in [0.2, 0.25) is 23.5 Å². The molecule has 3 aliphatic heterocycles. The van der Waals surface area contributed by atoms with Crippen LogP contribution in [0.25, 0.3) is 22.2 Å². The lowest BCUT2D eigenvalue weighted by Crippen LogP contribution is -2.55. The van der Waals surface area contributed by atoms with Crippen LogP contribution in [0.1, 0.15) is 73.0 Å². The van der Waals surface area contributed by atoms with Gasteiger partial charge in [-0.25, -0.2) is 38.2 Å². The van der Waals surface area contributed by atoms with Crippen LogP contribution in [-0.2, 0) is 19.8 Å². The van der Waals surface area contributed by atoms with Crippen molar-refractivity contribution in [3.05, 3.63) is 89.8 Å². The van der Waals surface area contributed by atoms with Crippen LogP contribution in [-0.4, -0.2) is 134 Å². The molecule has 346 valence electrons. The summed E-state index contributed by atoms with van der Waals surface area (Å²) in [5.41, 5.74) is 1.08. The molecule has 4 aromatic heterocycles. The minimum absolute atomic E-state index is 0.0543. The maximum Gasteiger partial charge on any atom is 0.415 e. The van der Waals surface area contributed by atoms with E-state index in [2.05, 4.69) is 40.3 Å². The Morgan fingerprint density at radius 1 is 0.909 bits per heavy atom. The van der Waals surface area contributed by atoms with E-state index in [1.807, 2.05) is 17.0 Å². The van der Waals surface area contributed by atoms with Crippen molar-refractivity contribution in [3.8, 4) is 11.1 Å². The monoisotopic (exact) mass is 928 g/mol. The second kappa shape index (κ2) is 18.8. The zero-order valence-electron chi connectivity index (χ0n) is 35.8. The normalized spacial score (nSPS) is 17.5. The minimum Gasteiger partial charge on any atom is -0.465 e. The number of aromatic amines is 1. The number of hydrogen-bond acceptors (Lipinski definition) is 13. The van der Waals surface area contributed by atoms with Gasteiger partial charge in [-0.15, -0.1) is 0 Å². The zero-order valence-corrected chi connectivity index (χ0v) is 36.6. The number of amides is 5. The Hall–Kier alpha value is -7.14. The van der Waals surface area contributed by atoms with E-state index in [1.54, 1.807) is 36.5 Å². The highest BCUT2D eigenvalue weighted by Gasteiger charge is 2.37. The maximum atomic E-state index is 15.6. The molecular weight excluding hydrogens is 883 g/mol. The number of pyridine rings is 2. The second-order valence-corrected chi connectivity index (χ2v) is 18.0. The topological polar surface area (TPSA) is 256 Å². The largest absolute Gasteiger partial charge is 0.465 e. The predicted molar refractivity (Wildman–Crippen MR) is 236 cm³/mol. The van der Waals surface area contributed by atoms with Crippen LogP contribution in [0.4, 0.5) is 35.7 Å². The predicted octanol–water partition coefficient (Wildman–Crippen LogP) is 4.70. The Morgan fingerprint density at radius 2 is 1.62 bits per heavy atom. The van der Waals surface area contributed by atoms with E-state index in [9.17, 15) is 37.5 Å². The molecule has 8 rings (SSSR count). The fourth-order valence-corrected chi connectivity index (χ4v) is 9.28. The number of fused-ring (bicyclic) bond motifs is 1. The van der Waals surface area contributed by atoms with Crippen molar-refractivity contribution in [1.29, 1.82) is 0 Å². The van der Waals surface area contributed by atoms with Crippen LogP contribution in [0, 0.1) is 11.6 Å². The molecule has 3 aliphatic rings. The number of halogens is 2. The number of urea groups is 1. The molecule has 0 aliphatic carbocycles. The SMILES string of the molecule is CCN(C)S(=O)(=O)Nc1ccc(F)c(C(=O)c2c[nH]c3ncc(-c4cnc(N5CCC(N(C(=O)O)C(=O)N6CCC(c7ccc(NC8CCC(=O)NC8=O)cn7)CC6)CC5)nc4)cc23)c1F. The summed E-state index contributed by atoms with van der Waals surface area (Å²) < 4.78 is 58.8. The third kappa shape index (κ3) is 9.34. The number of aromatic nitrogens is 5. The molecule has 5 N–H and O–H groups in total. The number of rotatable bonds is 12. The van der Waals surface area contributed by atoms with E-state index < -0.39 is 63.1 Å². The average Bonchev–Trinajstić information content (AvgIpc) is 3.75. The Bertz CT molecular complexity index is 2800. The molecular formula is C43H46F2N12O8S. The molecule has 20 nitrogen and oxygen atoms in total. The second-order valence-electron chi connectivity index (χ2n) is 16.3. The van der Waals surface area contributed by atoms with Crippen LogP contribution in [0.3, 0.4) is 0 Å². The van der Waals surface area contributed by atoms with E-state index in [4.69, 9.17) is 0 Å². The highest BCUT2D eigenvalue weighted by molar-refractivity contribution is 7.90. The molecule has 0 bridgehead atoms. The minimum atomic E-state index is -4.18. The van der Waals surface area contributed by atoms with Crippen molar-refractivity contribution in [2.24, 2.45) is 0 Å². The van der Waals surface area contributed by atoms with Gasteiger partial charge in [0.15, 0.2) is 5.82 Å². The van der Waals surface area contributed by atoms with Gasteiger partial charge >= 0.3 is 22.3 Å². The van der Waals surface area contributed by atoms with Gasteiger partial charge in [-0.2, -0.15) is 12.7 Å². The summed E-state index contributed by atoms with van der Waals surface area (Å²) in [5.74, 6) is -3.84. The molecule has 7 heterocycles. The number of imide groups is 2. The van der Waals surface area contributed by atoms with Gasteiger partial charge in [0.1, 0.15) is 17.5 Å². The molecule has 3 fully saturated rings. The molecule has 1 unspecified atom stereocenters. The number of nitrogens with one attached hydrogen (secondary N) is 4. The van der Waals surface area contributed by atoms with Crippen molar-refractivity contribution in [1.82, 2.24) is 44.3 Å². The van der Waals surface area contributed by atoms with Crippen LogP contribution < -0.4 is 20.3 Å². The number of carboxylic acid groups (broad SMARTS) is 1. The van der Waals surface area contributed by atoms with Crippen LogP contribution in [0.5, 0.6) is 0 Å². The molecule has 0 radical (unpaired) electrons. The lowest BCUT2D eigenvalue weighted by atomic mass is 9.93. The third-order valence-corrected chi connectivity index (χ3v) is 13.8. The van der Waals surface area contributed by atoms with Crippen molar-refractivity contribution < 1.29 is 46.3 Å². The van der Waals surface area contributed by atoms with Gasteiger partial charge in [0.05, 0.1) is 23.1 Å². The molecule has 1 atom stereocenters. The highest BCUT2D eigenvalue weighted by Crippen LogP contribution is 2.32. The number of ketones is 1. The van der Waals surface area contributed by atoms with Crippen LogP contribution in [0.15, 0.2) is 61.3 Å². The zero-order chi connectivity index (χ0) is 46.9. The van der Waals surface area contributed by atoms with Gasteiger partial charge < -0.3 is 25.2 Å². The van der Waals surface area contributed by atoms with Gasteiger partial charge in [-0.1, -0.05) is 6.92 Å². The third-order valence-electron chi connectivity index (χ3n) is 12.2. The Kier molecular flexibility index (Phi) is 12.9. The standard InChI is InChI=1S/C43H46F2N12O8S/c1-3-54(2)66(64,65)53-33-7-5-31(44)36(37(33)45)38(59)30-23-48-39-29(30)18-25(19-47-39)26-20-49-41(50-21-26)55-16-12-28(13-17-55)57(43(62)63)42(61)56-14-10-24(11-15-56)32-6-4-27(22-46-32)51-34-8-9-35(58)52-40(34)60/h4-7,18-24,28,34,51,53H,3,8-17H2,1-2H3,(H,47,48)(H,62,63)(H,52,58,60). The number of piperidine rings is 3. The summed E-state index contributed by atoms with van der Waals surface area (Å²) in [4.78, 5) is 88.6. The fraction of sp³-hybridized carbons (Fsp3) is 0.372. The first-order chi connectivity index (χ1) is 31.6. The molecule has 0 spiro atoms. The number of anilines is 3. The van der Waals surface area contributed by atoms with Gasteiger partial charge in [0.25, 0.3) is 0 Å². The van der Waals surface area contributed by atoms with Crippen molar-refractivity contribution in [2.75, 3.05) is 54.7 Å². The van der Waals surface area contributed by atoms with E-state index in [0.717, 1.165) is 27.0 Å². The van der Waals surface area contributed by atoms with E-state index in [0.29, 0.717) is 81.0 Å². The number of hydrogen-bond donors (Lipinski definition) is 5. The Morgan fingerprint density at radius 3 is 2.27 bits per heavy atom. The first-order valence-electron chi connectivity index (χ1n) is 21.3. The van der Waals surface area contributed by atoms with Gasteiger partial charge in [-0.05, 0) is 62.4 Å². The average molecular weight is 929 g/mol. The fourth-order valence-electron chi connectivity index (χ4n) is 8.35. The van der Waals surface area contributed by atoms with E-state index in [-0.39, 0.29) is 47.3 Å². The summed E-state index contributed by atoms with van der Waals surface area (Å²) in [6, 6.07) is 5.33. The summed E-state index contributed by atoms with van der Waals surface area (Å²) in [5, 5.41) is 15.9. The molecule has 5 aromatic rings.